The zero-order chi connectivity index (χ0) is 15.5. The number of aromatic amines is 1. The number of hydrogen-bond donors (Lipinski definition) is 2. The topological polar surface area (TPSA) is 83.8 Å². The summed E-state index contributed by atoms with van der Waals surface area (Å²) < 4.78 is 5.62. The summed E-state index contributed by atoms with van der Waals surface area (Å²) in [6, 6.07) is 1.77. The number of nitrogens with one attached hydrogen (secondary N) is 2. The highest BCUT2D eigenvalue weighted by atomic mass is 16.4. The van der Waals surface area contributed by atoms with E-state index in [1.165, 1.54) is 0 Å². The molecule has 114 valence electrons. The number of carbonyl (C=O) groups is 1. The Balaban J connectivity index is 1.92. The minimum atomic E-state index is -0.232. The third-order valence-electron chi connectivity index (χ3n) is 3.08. The molecule has 6 nitrogen and oxygen atoms in total. The Morgan fingerprint density at radius 3 is 2.81 bits per heavy atom. The summed E-state index contributed by atoms with van der Waals surface area (Å²) >= 11 is 0. The number of H-pyrrole nitrogens is 1. The fraction of sp³-hybridized carbons (Fsp3) is 0.533. The summed E-state index contributed by atoms with van der Waals surface area (Å²) in [5.41, 5.74) is 1.27. The first-order valence-corrected chi connectivity index (χ1v) is 7.18. The molecule has 6 heteroatoms. The molecule has 0 aliphatic heterocycles. The van der Waals surface area contributed by atoms with Gasteiger partial charge in [-0.05, 0) is 12.5 Å². The van der Waals surface area contributed by atoms with E-state index in [2.05, 4.69) is 48.2 Å². The van der Waals surface area contributed by atoms with Crippen LogP contribution in [-0.4, -0.2) is 21.1 Å². The van der Waals surface area contributed by atoms with E-state index in [1.54, 1.807) is 12.3 Å². The van der Waals surface area contributed by atoms with Gasteiger partial charge in [-0.25, -0.2) is 4.98 Å². The van der Waals surface area contributed by atoms with Crippen molar-refractivity contribution in [3.63, 3.8) is 0 Å². The number of aryl methyl sites for hydroxylation is 1. The molecule has 0 atom stereocenters. The molecule has 0 aliphatic rings. The summed E-state index contributed by atoms with van der Waals surface area (Å²) in [6.45, 7) is 8.49. The average Bonchev–Trinajstić information content (AvgIpc) is 3.04. The molecule has 0 saturated heterocycles. The summed E-state index contributed by atoms with van der Waals surface area (Å²) in [6.07, 6.45) is 3.60. The first-order valence-electron chi connectivity index (χ1n) is 7.18. The first kappa shape index (κ1) is 15.3. The van der Waals surface area contributed by atoms with E-state index in [-0.39, 0.29) is 17.9 Å². The highest BCUT2D eigenvalue weighted by molar-refractivity contribution is 5.92. The van der Waals surface area contributed by atoms with Crippen molar-refractivity contribution in [2.45, 2.75) is 52.5 Å². The lowest BCUT2D eigenvalue weighted by molar-refractivity contribution is 0.0942. The molecule has 0 fully saturated rings. The lowest BCUT2D eigenvalue weighted by atomic mass is 9.94. The molecule has 0 saturated carbocycles. The van der Waals surface area contributed by atoms with E-state index in [9.17, 15) is 4.79 Å². The number of oxazole rings is 1. The van der Waals surface area contributed by atoms with Gasteiger partial charge in [-0.2, -0.15) is 5.10 Å². The maximum absolute atomic E-state index is 12.0. The van der Waals surface area contributed by atoms with Gasteiger partial charge in [-0.3, -0.25) is 9.89 Å². The maximum Gasteiger partial charge on any atom is 0.272 e. The molecule has 2 N–H and O–H groups in total. The normalized spacial score (nSPS) is 11.6. The summed E-state index contributed by atoms with van der Waals surface area (Å²) in [5, 5.41) is 9.62. The van der Waals surface area contributed by atoms with Crippen molar-refractivity contribution in [2.75, 3.05) is 0 Å². The van der Waals surface area contributed by atoms with Crippen LogP contribution in [0.25, 0.3) is 0 Å². The second-order valence-electron chi connectivity index (χ2n) is 6.08. The zero-order valence-corrected chi connectivity index (χ0v) is 13.0. The minimum Gasteiger partial charge on any atom is -0.443 e. The van der Waals surface area contributed by atoms with Crippen molar-refractivity contribution in [1.82, 2.24) is 20.5 Å². The van der Waals surface area contributed by atoms with Gasteiger partial charge in [0, 0.05) is 11.1 Å². The van der Waals surface area contributed by atoms with Crippen LogP contribution in [0.2, 0.25) is 0 Å². The SMILES string of the molecule is CCCc1cc(C(=O)NCc2ncc(C(C)(C)C)o2)n[nH]1. The number of amides is 1. The molecule has 2 aromatic rings. The fourth-order valence-corrected chi connectivity index (χ4v) is 1.86. The van der Waals surface area contributed by atoms with Gasteiger partial charge in [0.25, 0.3) is 5.91 Å². The molecule has 2 heterocycles. The molecule has 21 heavy (non-hydrogen) atoms. The molecule has 0 bridgehead atoms. The lowest BCUT2D eigenvalue weighted by Crippen LogP contribution is -2.23. The van der Waals surface area contributed by atoms with E-state index in [0.29, 0.717) is 11.6 Å². The predicted octanol–water partition coefficient (Wildman–Crippen LogP) is 2.58. The number of aromatic nitrogens is 3. The van der Waals surface area contributed by atoms with Gasteiger partial charge in [0.05, 0.1) is 12.7 Å². The molecular formula is C15H22N4O2. The Morgan fingerprint density at radius 1 is 1.43 bits per heavy atom. The van der Waals surface area contributed by atoms with Gasteiger partial charge in [-0.1, -0.05) is 34.1 Å². The Kier molecular flexibility index (Phi) is 4.45. The van der Waals surface area contributed by atoms with Crippen LogP contribution in [-0.2, 0) is 18.4 Å². The lowest BCUT2D eigenvalue weighted by Gasteiger charge is -2.13. The standard InChI is InChI=1S/C15H22N4O2/c1-5-6-10-7-11(19-18-10)14(20)17-9-13-16-8-12(21-13)15(2,3)4/h7-8H,5-6,9H2,1-4H3,(H,17,20)(H,18,19). The molecule has 0 unspecified atom stereocenters. The molecule has 0 aromatic carbocycles. The van der Waals surface area contributed by atoms with Crippen LogP contribution in [0.5, 0.6) is 0 Å². The van der Waals surface area contributed by atoms with Crippen LogP contribution in [0, 0.1) is 0 Å². The largest absolute Gasteiger partial charge is 0.443 e. The van der Waals surface area contributed by atoms with Crippen LogP contribution in [0.4, 0.5) is 0 Å². The van der Waals surface area contributed by atoms with Gasteiger partial charge in [0.2, 0.25) is 5.89 Å². The van der Waals surface area contributed by atoms with Crippen LogP contribution in [0.3, 0.4) is 0 Å². The summed E-state index contributed by atoms with van der Waals surface area (Å²) in [5.74, 6) is 1.07. The number of nitrogens with zero attached hydrogens (tertiary/aromatic N) is 2. The minimum absolute atomic E-state index is 0.0908. The highest BCUT2D eigenvalue weighted by Crippen LogP contribution is 2.22. The predicted molar refractivity (Wildman–Crippen MR) is 79.0 cm³/mol. The van der Waals surface area contributed by atoms with Crippen LogP contribution in [0.1, 0.15) is 61.9 Å². The van der Waals surface area contributed by atoms with Crippen molar-refractivity contribution in [3.05, 3.63) is 35.3 Å². The van der Waals surface area contributed by atoms with E-state index < -0.39 is 0 Å². The van der Waals surface area contributed by atoms with Crippen molar-refractivity contribution in [3.8, 4) is 0 Å². The summed E-state index contributed by atoms with van der Waals surface area (Å²) in [7, 11) is 0. The molecule has 2 rings (SSSR count). The van der Waals surface area contributed by atoms with Gasteiger partial charge in [-0.15, -0.1) is 0 Å². The Hall–Kier alpha value is -2.11. The van der Waals surface area contributed by atoms with E-state index in [4.69, 9.17) is 4.42 Å². The van der Waals surface area contributed by atoms with Crippen LogP contribution >= 0.6 is 0 Å². The molecular weight excluding hydrogens is 268 g/mol. The zero-order valence-electron chi connectivity index (χ0n) is 13.0. The quantitative estimate of drug-likeness (QED) is 0.886. The highest BCUT2D eigenvalue weighted by Gasteiger charge is 2.19. The van der Waals surface area contributed by atoms with Crippen molar-refractivity contribution < 1.29 is 9.21 Å². The molecule has 0 radical (unpaired) electrons. The summed E-state index contributed by atoms with van der Waals surface area (Å²) in [4.78, 5) is 16.1. The van der Waals surface area contributed by atoms with E-state index in [1.807, 2.05) is 0 Å². The molecule has 0 aliphatic carbocycles. The first-order chi connectivity index (χ1) is 9.90. The second kappa shape index (κ2) is 6.11. The van der Waals surface area contributed by atoms with Crippen molar-refractivity contribution >= 4 is 5.91 Å². The fourth-order valence-electron chi connectivity index (χ4n) is 1.86. The smallest absolute Gasteiger partial charge is 0.272 e. The van der Waals surface area contributed by atoms with Crippen molar-refractivity contribution in [2.24, 2.45) is 0 Å². The average molecular weight is 290 g/mol. The van der Waals surface area contributed by atoms with Gasteiger partial charge < -0.3 is 9.73 Å². The second-order valence-corrected chi connectivity index (χ2v) is 6.08. The van der Waals surface area contributed by atoms with Gasteiger partial charge >= 0.3 is 0 Å². The number of rotatable bonds is 5. The third-order valence-corrected chi connectivity index (χ3v) is 3.08. The number of hydrogen-bond acceptors (Lipinski definition) is 4. The molecule has 0 spiro atoms. The Morgan fingerprint density at radius 2 is 2.19 bits per heavy atom. The van der Waals surface area contributed by atoms with Crippen molar-refractivity contribution in [1.29, 1.82) is 0 Å². The third kappa shape index (κ3) is 3.93. The van der Waals surface area contributed by atoms with Gasteiger partial charge in [0.15, 0.2) is 0 Å². The molecule has 2 aromatic heterocycles. The van der Waals surface area contributed by atoms with Crippen LogP contribution in [0.15, 0.2) is 16.7 Å². The maximum atomic E-state index is 12.0. The van der Waals surface area contributed by atoms with E-state index in [0.717, 1.165) is 24.3 Å². The Bertz CT molecular complexity index is 607. The molecule has 1 amide bonds. The monoisotopic (exact) mass is 290 g/mol. The van der Waals surface area contributed by atoms with E-state index >= 15 is 0 Å². The van der Waals surface area contributed by atoms with Gasteiger partial charge in [0.1, 0.15) is 11.5 Å². The number of carbonyl (C=O) groups excluding carboxylic acids is 1. The Labute approximate surface area is 124 Å². The van der Waals surface area contributed by atoms with Crippen LogP contribution < -0.4 is 5.32 Å².